The van der Waals surface area contributed by atoms with E-state index in [0.29, 0.717) is 17.2 Å². The van der Waals surface area contributed by atoms with E-state index in [1.165, 1.54) is 24.3 Å². The highest BCUT2D eigenvalue weighted by atomic mass is 16.6. The molecule has 0 aliphatic heterocycles. The maximum absolute atomic E-state index is 12.1. The second-order valence-corrected chi connectivity index (χ2v) is 4.73. The lowest BCUT2D eigenvalue weighted by Crippen LogP contribution is -2.30. The van der Waals surface area contributed by atoms with Gasteiger partial charge in [0, 0.05) is 17.8 Å². The number of nitrogens with one attached hydrogen (secondary N) is 1. The molecule has 0 heterocycles. The summed E-state index contributed by atoms with van der Waals surface area (Å²) in [4.78, 5) is 22.1. The molecule has 120 valence electrons. The van der Waals surface area contributed by atoms with Crippen molar-refractivity contribution in [1.29, 1.82) is 0 Å². The summed E-state index contributed by atoms with van der Waals surface area (Å²) < 4.78 is 10.6. The van der Waals surface area contributed by atoms with Crippen molar-refractivity contribution in [3.63, 3.8) is 0 Å². The fourth-order valence-corrected chi connectivity index (χ4v) is 1.82. The Kier molecular flexibility index (Phi) is 5.14. The number of anilines is 1. The van der Waals surface area contributed by atoms with E-state index in [2.05, 4.69) is 5.32 Å². The minimum absolute atomic E-state index is 0.0365. The molecule has 0 saturated carbocycles. The van der Waals surface area contributed by atoms with E-state index < -0.39 is 11.0 Å². The summed E-state index contributed by atoms with van der Waals surface area (Å²) in [5.41, 5.74) is 0.427. The third-order valence-electron chi connectivity index (χ3n) is 3.09. The molecular formula is C16H16N2O5. The second kappa shape index (κ2) is 7.26. The summed E-state index contributed by atoms with van der Waals surface area (Å²) >= 11 is 0. The standard InChI is InChI=1S/C16H16N2O5/c1-11(23-15-9-7-14(22-2)8-10-15)16(19)17-12-3-5-13(6-4-12)18(20)21/h3-11H,1-2H3,(H,17,19)/t11-/m0/s1. The van der Waals surface area contributed by atoms with Crippen LogP contribution in [0.3, 0.4) is 0 Å². The van der Waals surface area contributed by atoms with Crippen LogP contribution in [-0.4, -0.2) is 24.0 Å². The Balaban J connectivity index is 1.94. The summed E-state index contributed by atoms with van der Waals surface area (Å²) in [6.07, 6.45) is -0.724. The quantitative estimate of drug-likeness (QED) is 0.653. The molecular weight excluding hydrogens is 300 g/mol. The van der Waals surface area contributed by atoms with Crippen LogP contribution in [0.4, 0.5) is 11.4 Å². The van der Waals surface area contributed by atoms with E-state index in [-0.39, 0.29) is 11.6 Å². The van der Waals surface area contributed by atoms with Gasteiger partial charge in [0.15, 0.2) is 6.10 Å². The lowest BCUT2D eigenvalue weighted by atomic mass is 10.2. The lowest BCUT2D eigenvalue weighted by molar-refractivity contribution is -0.384. The number of non-ortho nitro benzene ring substituents is 1. The molecule has 2 aromatic carbocycles. The van der Waals surface area contributed by atoms with Gasteiger partial charge in [-0.1, -0.05) is 0 Å². The number of nitro groups is 1. The normalized spacial score (nSPS) is 11.4. The summed E-state index contributed by atoms with van der Waals surface area (Å²) in [5.74, 6) is 0.882. The van der Waals surface area contributed by atoms with Gasteiger partial charge in [0.2, 0.25) is 0 Å². The highest BCUT2D eigenvalue weighted by Crippen LogP contribution is 2.19. The van der Waals surface area contributed by atoms with Crippen LogP contribution in [0.2, 0.25) is 0 Å². The number of ether oxygens (including phenoxy) is 2. The highest BCUT2D eigenvalue weighted by molar-refractivity contribution is 5.94. The van der Waals surface area contributed by atoms with Gasteiger partial charge >= 0.3 is 0 Å². The van der Waals surface area contributed by atoms with Gasteiger partial charge in [0.1, 0.15) is 11.5 Å². The Labute approximate surface area is 133 Å². The number of hydrogen-bond acceptors (Lipinski definition) is 5. The molecule has 0 fully saturated rings. The Morgan fingerprint density at radius 3 is 2.17 bits per heavy atom. The number of rotatable bonds is 6. The molecule has 0 radical (unpaired) electrons. The van der Waals surface area contributed by atoms with Crippen molar-refractivity contribution in [3.8, 4) is 11.5 Å². The lowest BCUT2D eigenvalue weighted by Gasteiger charge is -2.15. The first kappa shape index (κ1) is 16.3. The van der Waals surface area contributed by atoms with Crippen molar-refractivity contribution in [2.75, 3.05) is 12.4 Å². The molecule has 1 amide bonds. The SMILES string of the molecule is COc1ccc(O[C@@H](C)C(=O)Nc2ccc([N+](=O)[O-])cc2)cc1. The smallest absolute Gasteiger partial charge is 0.269 e. The molecule has 1 atom stereocenters. The van der Waals surface area contributed by atoms with Gasteiger partial charge in [-0.25, -0.2) is 0 Å². The fourth-order valence-electron chi connectivity index (χ4n) is 1.82. The molecule has 0 spiro atoms. The van der Waals surface area contributed by atoms with E-state index in [1.807, 2.05) is 0 Å². The van der Waals surface area contributed by atoms with Gasteiger partial charge in [-0.15, -0.1) is 0 Å². The van der Waals surface area contributed by atoms with Crippen LogP contribution >= 0.6 is 0 Å². The van der Waals surface area contributed by atoms with Crippen LogP contribution < -0.4 is 14.8 Å². The molecule has 7 nitrogen and oxygen atoms in total. The first-order chi connectivity index (χ1) is 11.0. The molecule has 7 heteroatoms. The fraction of sp³-hybridized carbons (Fsp3) is 0.188. The predicted octanol–water partition coefficient (Wildman–Crippen LogP) is 3.01. The molecule has 1 N–H and O–H groups in total. The molecule has 0 unspecified atom stereocenters. The van der Waals surface area contributed by atoms with E-state index in [0.717, 1.165) is 0 Å². The molecule has 0 aliphatic rings. The summed E-state index contributed by atoms with van der Waals surface area (Å²) in [6.45, 7) is 1.62. The average molecular weight is 316 g/mol. The number of carbonyl (C=O) groups is 1. The van der Waals surface area contributed by atoms with E-state index in [4.69, 9.17) is 9.47 Å². The largest absolute Gasteiger partial charge is 0.497 e. The van der Waals surface area contributed by atoms with Gasteiger partial charge in [-0.05, 0) is 43.3 Å². The topological polar surface area (TPSA) is 90.7 Å². The zero-order valence-corrected chi connectivity index (χ0v) is 12.7. The third-order valence-corrected chi connectivity index (χ3v) is 3.09. The summed E-state index contributed by atoms with van der Waals surface area (Å²) in [7, 11) is 1.57. The zero-order valence-electron chi connectivity index (χ0n) is 12.7. The maximum atomic E-state index is 12.1. The second-order valence-electron chi connectivity index (χ2n) is 4.73. The van der Waals surface area contributed by atoms with Crippen LogP contribution in [0.15, 0.2) is 48.5 Å². The van der Waals surface area contributed by atoms with E-state index >= 15 is 0 Å². The summed E-state index contributed by atoms with van der Waals surface area (Å²) in [6, 6.07) is 12.5. The van der Waals surface area contributed by atoms with Crippen molar-refractivity contribution in [3.05, 3.63) is 58.6 Å². The number of amides is 1. The molecule has 23 heavy (non-hydrogen) atoms. The number of hydrogen-bond donors (Lipinski definition) is 1. The van der Waals surface area contributed by atoms with Gasteiger partial charge in [0.05, 0.1) is 12.0 Å². The summed E-state index contributed by atoms with van der Waals surface area (Å²) in [5, 5.41) is 13.2. The minimum atomic E-state index is -0.724. The van der Waals surface area contributed by atoms with Gasteiger partial charge in [-0.2, -0.15) is 0 Å². The Bertz CT molecular complexity index is 683. The van der Waals surface area contributed by atoms with Crippen molar-refractivity contribution < 1.29 is 19.2 Å². The van der Waals surface area contributed by atoms with Crippen LogP contribution in [0, 0.1) is 10.1 Å². The van der Waals surface area contributed by atoms with Crippen molar-refractivity contribution in [1.82, 2.24) is 0 Å². The molecule has 0 saturated heterocycles. The maximum Gasteiger partial charge on any atom is 0.269 e. The zero-order chi connectivity index (χ0) is 16.8. The van der Waals surface area contributed by atoms with Crippen molar-refractivity contribution in [2.24, 2.45) is 0 Å². The van der Waals surface area contributed by atoms with Crippen LogP contribution in [0.5, 0.6) is 11.5 Å². The average Bonchev–Trinajstić information content (AvgIpc) is 2.56. The van der Waals surface area contributed by atoms with Gasteiger partial charge in [-0.3, -0.25) is 14.9 Å². The highest BCUT2D eigenvalue weighted by Gasteiger charge is 2.15. The number of nitro benzene ring substituents is 1. The Morgan fingerprint density at radius 2 is 1.65 bits per heavy atom. The number of carbonyl (C=O) groups excluding carboxylic acids is 1. The van der Waals surface area contributed by atoms with Gasteiger partial charge in [0.25, 0.3) is 11.6 Å². The van der Waals surface area contributed by atoms with E-state index in [1.54, 1.807) is 38.3 Å². The number of methoxy groups -OCH3 is 1. The van der Waals surface area contributed by atoms with Crippen LogP contribution in [0.25, 0.3) is 0 Å². The molecule has 2 rings (SSSR count). The first-order valence-corrected chi connectivity index (χ1v) is 6.85. The predicted molar refractivity (Wildman–Crippen MR) is 84.8 cm³/mol. The Morgan fingerprint density at radius 1 is 1.09 bits per heavy atom. The molecule has 0 aromatic heterocycles. The molecule has 2 aromatic rings. The minimum Gasteiger partial charge on any atom is -0.497 e. The number of benzene rings is 2. The van der Waals surface area contributed by atoms with Crippen LogP contribution in [-0.2, 0) is 4.79 Å². The van der Waals surface area contributed by atoms with Crippen LogP contribution in [0.1, 0.15) is 6.92 Å². The monoisotopic (exact) mass is 316 g/mol. The molecule has 0 aliphatic carbocycles. The van der Waals surface area contributed by atoms with Gasteiger partial charge < -0.3 is 14.8 Å². The number of nitrogens with zero attached hydrogens (tertiary/aromatic N) is 1. The third kappa shape index (κ3) is 4.44. The van der Waals surface area contributed by atoms with Crippen molar-refractivity contribution >= 4 is 17.3 Å². The first-order valence-electron chi connectivity index (χ1n) is 6.85. The Hall–Kier alpha value is -3.09. The van der Waals surface area contributed by atoms with E-state index in [9.17, 15) is 14.9 Å². The molecule has 0 bridgehead atoms. The van der Waals surface area contributed by atoms with Crippen molar-refractivity contribution in [2.45, 2.75) is 13.0 Å².